The van der Waals surface area contributed by atoms with Crippen molar-refractivity contribution < 1.29 is 23.9 Å². The Labute approximate surface area is 132 Å². The van der Waals surface area contributed by atoms with Gasteiger partial charge in [-0.15, -0.1) is 0 Å². The van der Waals surface area contributed by atoms with Gasteiger partial charge in [-0.2, -0.15) is 0 Å². The lowest BCUT2D eigenvalue weighted by Gasteiger charge is -2.25. The van der Waals surface area contributed by atoms with Crippen LogP contribution in [0, 0.1) is 5.92 Å². The standard InChI is InChI=1S/C16H27NO5/c1-7-12(9-10-13(19)21-8-2)14(11(3)18)17-15(20)22-16(4,5)6/h9-10,12,14H,7-8H2,1-6H3,(H,17,20)/b10-9+. The maximum atomic E-state index is 11.8. The number of Topliss-reactive ketones (excluding diaryl/α,β-unsaturated/α-hetero) is 1. The number of ketones is 1. The van der Waals surface area contributed by atoms with Crippen LogP contribution in [-0.4, -0.2) is 36.1 Å². The molecule has 0 fully saturated rings. The van der Waals surface area contributed by atoms with Crippen molar-refractivity contribution >= 4 is 17.8 Å². The molecule has 0 aromatic carbocycles. The molecule has 0 rings (SSSR count). The topological polar surface area (TPSA) is 81.7 Å². The lowest BCUT2D eigenvalue weighted by molar-refractivity contribution is -0.137. The first-order chi connectivity index (χ1) is 10.1. The van der Waals surface area contributed by atoms with Crippen molar-refractivity contribution in [3.05, 3.63) is 12.2 Å². The van der Waals surface area contributed by atoms with Crippen LogP contribution in [0.25, 0.3) is 0 Å². The van der Waals surface area contributed by atoms with E-state index < -0.39 is 23.7 Å². The van der Waals surface area contributed by atoms with Crippen molar-refractivity contribution in [2.75, 3.05) is 6.61 Å². The second-order valence-corrected chi connectivity index (χ2v) is 5.92. The molecule has 0 aromatic rings. The Morgan fingerprint density at radius 2 is 1.77 bits per heavy atom. The molecule has 2 unspecified atom stereocenters. The molecule has 0 spiro atoms. The molecule has 0 aliphatic heterocycles. The van der Waals surface area contributed by atoms with Crippen LogP contribution < -0.4 is 5.32 Å². The van der Waals surface area contributed by atoms with Crippen molar-refractivity contribution in [3.8, 4) is 0 Å². The highest BCUT2D eigenvalue weighted by molar-refractivity contribution is 5.86. The van der Waals surface area contributed by atoms with E-state index in [0.29, 0.717) is 6.42 Å². The van der Waals surface area contributed by atoms with Gasteiger partial charge in [0.15, 0.2) is 5.78 Å². The smallest absolute Gasteiger partial charge is 0.408 e. The summed E-state index contributed by atoms with van der Waals surface area (Å²) in [6.07, 6.45) is 2.79. The van der Waals surface area contributed by atoms with Gasteiger partial charge in [-0.1, -0.05) is 13.0 Å². The minimum atomic E-state index is -0.745. The maximum absolute atomic E-state index is 11.8. The predicted molar refractivity (Wildman–Crippen MR) is 83.4 cm³/mol. The summed E-state index contributed by atoms with van der Waals surface area (Å²) in [6.45, 7) is 10.5. The SMILES string of the molecule is CCOC(=O)/C=C/C(CC)C(NC(=O)OC(C)(C)C)C(C)=O. The third-order valence-electron chi connectivity index (χ3n) is 2.78. The lowest BCUT2D eigenvalue weighted by atomic mass is 9.93. The molecule has 126 valence electrons. The number of nitrogens with one attached hydrogen (secondary N) is 1. The Kier molecular flexibility index (Phi) is 8.45. The average Bonchev–Trinajstić information content (AvgIpc) is 2.35. The molecular formula is C16H27NO5. The number of alkyl carbamates (subject to hydrolysis) is 1. The van der Waals surface area contributed by atoms with Gasteiger partial charge in [-0.3, -0.25) is 4.79 Å². The molecule has 0 saturated heterocycles. The van der Waals surface area contributed by atoms with Gasteiger partial charge in [0.05, 0.1) is 12.6 Å². The minimum Gasteiger partial charge on any atom is -0.463 e. The zero-order valence-corrected chi connectivity index (χ0v) is 14.3. The average molecular weight is 313 g/mol. The van der Waals surface area contributed by atoms with Crippen molar-refractivity contribution in [2.24, 2.45) is 5.92 Å². The number of rotatable bonds is 7. The molecule has 0 aliphatic rings. The first-order valence-corrected chi connectivity index (χ1v) is 7.45. The third-order valence-corrected chi connectivity index (χ3v) is 2.78. The van der Waals surface area contributed by atoms with Crippen molar-refractivity contribution in [2.45, 2.75) is 59.6 Å². The largest absolute Gasteiger partial charge is 0.463 e. The number of ether oxygens (including phenoxy) is 2. The quantitative estimate of drug-likeness (QED) is 0.577. The van der Waals surface area contributed by atoms with Crippen molar-refractivity contribution in [1.29, 1.82) is 0 Å². The number of esters is 1. The van der Waals surface area contributed by atoms with E-state index in [1.807, 2.05) is 6.92 Å². The highest BCUT2D eigenvalue weighted by Gasteiger charge is 2.27. The Bertz CT molecular complexity index is 423. The molecule has 0 bridgehead atoms. The van der Waals surface area contributed by atoms with Crippen LogP contribution in [0.3, 0.4) is 0 Å². The van der Waals surface area contributed by atoms with Gasteiger partial charge in [0.2, 0.25) is 0 Å². The van der Waals surface area contributed by atoms with E-state index in [-0.39, 0.29) is 18.3 Å². The molecule has 6 heteroatoms. The Morgan fingerprint density at radius 3 is 2.18 bits per heavy atom. The van der Waals surface area contributed by atoms with E-state index >= 15 is 0 Å². The molecule has 0 aromatic heterocycles. The van der Waals surface area contributed by atoms with Crippen LogP contribution in [0.4, 0.5) is 4.79 Å². The van der Waals surface area contributed by atoms with E-state index in [9.17, 15) is 14.4 Å². The highest BCUT2D eigenvalue weighted by atomic mass is 16.6. The fraction of sp³-hybridized carbons (Fsp3) is 0.688. The van der Waals surface area contributed by atoms with Crippen LogP contribution in [0.15, 0.2) is 12.2 Å². The number of carbonyl (C=O) groups is 3. The maximum Gasteiger partial charge on any atom is 0.408 e. The van der Waals surface area contributed by atoms with E-state index in [1.165, 1.54) is 13.0 Å². The molecule has 1 amide bonds. The first-order valence-electron chi connectivity index (χ1n) is 7.45. The predicted octanol–water partition coefficient (Wildman–Crippen LogP) is 2.61. The van der Waals surface area contributed by atoms with Crippen LogP contribution in [0.5, 0.6) is 0 Å². The van der Waals surface area contributed by atoms with Gasteiger partial charge in [-0.05, 0) is 41.0 Å². The zero-order valence-electron chi connectivity index (χ0n) is 14.3. The summed E-state index contributed by atoms with van der Waals surface area (Å²) in [5, 5.41) is 2.57. The van der Waals surface area contributed by atoms with E-state index in [2.05, 4.69) is 5.32 Å². The van der Waals surface area contributed by atoms with Gasteiger partial charge in [0.1, 0.15) is 5.60 Å². The molecule has 0 saturated carbocycles. The van der Waals surface area contributed by atoms with Crippen LogP contribution in [0.1, 0.15) is 48.0 Å². The number of carbonyl (C=O) groups excluding carboxylic acids is 3. The molecule has 0 radical (unpaired) electrons. The van der Waals surface area contributed by atoms with E-state index in [4.69, 9.17) is 9.47 Å². The Morgan fingerprint density at radius 1 is 1.18 bits per heavy atom. The number of amides is 1. The molecule has 0 aliphatic carbocycles. The summed E-state index contributed by atoms with van der Waals surface area (Å²) < 4.78 is 9.96. The molecule has 0 heterocycles. The zero-order chi connectivity index (χ0) is 17.3. The van der Waals surface area contributed by atoms with Crippen LogP contribution in [0.2, 0.25) is 0 Å². The molecule has 6 nitrogen and oxygen atoms in total. The second-order valence-electron chi connectivity index (χ2n) is 5.92. The van der Waals surface area contributed by atoms with Gasteiger partial charge >= 0.3 is 12.1 Å². The summed E-state index contributed by atoms with van der Waals surface area (Å²) >= 11 is 0. The molecule has 22 heavy (non-hydrogen) atoms. The summed E-state index contributed by atoms with van der Waals surface area (Å²) in [5.41, 5.74) is -0.645. The second kappa shape index (κ2) is 9.23. The number of hydrogen-bond donors (Lipinski definition) is 1. The molecule has 1 N–H and O–H groups in total. The summed E-state index contributed by atoms with van der Waals surface area (Å²) in [4.78, 5) is 35.0. The van der Waals surface area contributed by atoms with Crippen molar-refractivity contribution in [3.63, 3.8) is 0 Å². The fourth-order valence-electron chi connectivity index (χ4n) is 1.82. The number of hydrogen-bond acceptors (Lipinski definition) is 5. The summed E-state index contributed by atoms with van der Waals surface area (Å²) in [6, 6.07) is -0.745. The third kappa shape index (κ3) is 8.44. The summed E-state index contributed by atoms with van der Waals surface area (Å²) in [5.74, 6) is -0.985. The van der Waals surface area contributed by atoms with Gasteiger partial charge in [0, 0.05) is 12.0 Å². The molecule has 2 atom stereocenters. The van der Waals surface area contributed by atoms with E-state index in [1.54, 1.807) is 33.8 Å². The summed E-state index contributed by atoms with van der Waals surface area (Å²) in [7, 11) is 0. The van der Waals surface area contributed by atoms with Gasteiger partial charge in [0.25, 0.3) is 0 Å². The Balaban J connectivity index is 4.92. The molecular weight excluding hydrogens is 286 g/mol. The van der Waals surface area contributed by atoms with E-state index in [0.717, 1.165) is 0 Å². The van der Waals surface area contributed by atoms with Crippen LogP contribution in [-0.2, 0) is 19.1 Å². The normalized spacial score (nSPS) is 14.3. The first kappa shape index (κ1) is 20.1. The monoisotopic (exact) mass is 313 g/mol. The highest BCUT2D eigenvalue weighted by Crippen LogP contribution is 2.14. The van der Waals surface area contributed by atoms with Gasteiger partial charge in [-0.25, -0.2) is 9.59 Å². The Hall–Kier alpha value is -1.85. The van der Waals surface area contributed by atoms with Gasteiger partial charge < -0.3 is 14.8 Å². The van der Waals surface area contributed by atoms with Crippen LogP contribution >= 0.6 is 0 Å². The van der Waals surface area contributed by atoms with Crippen molar-refractivity contribution in [1.82, 2.24) is 5.32 Å². The minimum absolute atomic E-state index is 0.203. The lowest BCUT2D eigenvalue weighted by Crippen LogP contribution is -2.46. The fourth-order valence-corrected chi connectivity index (χ4v) is 1.82.